The van der Waals surface area contributed by atoms with Crippen molar-refractivity contribution in [3.63, 3.8) is 0 Å². The van der Waals surface area contributed by atoms with E-state index in [4.69, 9.17) is 9.47 Å². The quantitative estimate of drug-likeness (QED) is 0.635. The predicted molar refractivity (Wildman–Crippen MR) is 131 cm³/mol. The lowest BCUT2D eigenvalue weighted by molar-refractivity contribution is -0.193. The molecular formula is C28H31FO6S. The first kappa shape index (κ1) is 24.4. The van der Waals surface area contributed by atoms with E-state index in [0.29, 0.717) is 17.7 Å². The van der Waals surface area contributed by atoms with Gasteiger partial charge in [0.05, 0.1) is 17.1 Å². The largest absolute Gasteiger partial charge is 0.393 e. The Hall–Kier alpha value is -1.97. The zero-order chi connectivity index (χ0) is 25.5. The van der Waals surface area contributed by atoms with Crippen molar-refractivity contribution in [2.45, 2.75) is 63.6 Å². The lowest BCUT2D eigenvalue weighted by Crippen LogP contribution is -2.63. The Bertz CT molecular complexity index is 1200. The minimum Gasteiger partial charge on any atom is -0.393 e. The number of ketones is 2. The van der Waals surface area contributed by atoms with E-state index < -0.39 is 47.3 Å². The van der Waals surface area contributed by atoms with E-state index in [9.17, 15) is 24.2 Å². The van der Waals surface area contributed by atoms with Crippen LogP contribution in [0.4, 0.5) is 4.39 Å². The maximum absolute atomic E-state index is 13.9. The number of carbonyl (C=O) groups excluding carboxylic acids is 2. The van der Waals surface area contributed by atoms with Crippen molar-refractivity contribution in [1.29, 1.82) is 0 Å². The number of halogens is 1. The molecule has 5 aliphatic rings. The van der Waals surface area contributed by atoms with Crippen molar-refractivity contribution in [2.75, 3.05) is 6.61 Å². The number of aliphatic hydroxyl groups excluding tert-OH is 2. The highest BCUT2D eigenvalue weighted by Gasteiger charge is 2.75. The van der Waals surface area contributed by atoms with Gasteiger partial charge in [0, 0.05) is 16.7 Å². The van der Waals surface area contributed by atoms with E-state index >= 15 is 0 Å². The van der Waals surface area contributed by atoms with E-state index in [1.54, 1.807) is 29.7 Å². The molecule has 1 unspecified atom stereocenters. The van der Waals surface area contributed by atoms with E-state index in [2.05, 4.69) is 6.92 Å². The van der Waals surface area contributed by atoms with Gasteiger partial charge in [0.1, 0.15) is 12.4 Å². The summed E-state index contributed by atoms with van der Waals surface area (Å²) in [6.07, 6.45) is 8.81. The molecule has 6 rings (SSSR count). The van der Waals surface area contributed by atoms with Crippen molar-refractivity contribution in [1.82, 2.24) is 0 Å². The summed E-state index contributed by atoms with van der Waals surface area (Å²) in [7, 11) is 0. The molecule has 1 aromatic heterocycles. The van der Waals surface area contributed by atoms with Crippen LogP contribution >= 0.6 is 11.3 Å². The molecule has 2 N–H and O–H groups in total. The second-order valence-corrected chi connectivity index (χ2v) is 12.3. The Kier molecular flexibility index (Phi) is 5.60. The molecule has 0 bridgehead atoms. The number of Topliss-reactive ketones (excluding diaryl/α,β-unsaturated/α-hetero) is 1. The number of fused-ring (bicyclic) bond motifs is 7. The van der Waals surface area contributed by atoms with Crippen LogP contribution in [-0.2, 0) is 19.1 Å². The molecule has 2 heterocycles. The third kappa shape index (κ3) is 3.14. The van der Waals surface area contributed by atoms with Crippen LogP contribution in [0.25, 0.3) is 6.08 Å². The summed E-state index contributed by atoms with van der Waals surface area (Å²) in [4.78, 5) is 25.9. The average Bonchev–Trinajstić information content (AvgIpc) is 3.49. The van der Waals surface area contributed by atoms with E-state index in [1.165, 1.54) is 17.4 Å². The van der Waals surface area contributed by atoms with Gasteiger partial charge in [0.25, 0.3) is 0 Å². The molecule has 1 saturated heterocycles. The van der Waals surface area contributed by atoms with Gasteiger partial charge >= 0.3 is 0 Å². The van der Waals surface area contributed by atoms with Crippen LogP contribution in [0, 0.1) is 34.4 Å². The van der Waals surface area contributed by atoms with Gasteiger partial charge in [-0.15, -0.1) is 11.3 Å². The molecule has 0 aromatic carbocycles. The minimum atomic E-state index is -1.39. The molecule has 1 aliphatic heterocycles. The van der Waals surface area contributed by atoms with E-state index in [0.717, 1.165) is 18.4 Å². The molecule has 9 atom stereocenters. The number of hydrogen-bond donors (Lipinski definition) is 2. The summed E-state index contributed by atoms with van der Waals surface area (Å²) in [5, 5.41) is 23.3. The van der Waals surface area contributed by atoms with Crippen molar-refractivity contribution >= 4 is 29.0 Å². The third-order valence-corrected chi connectivity index (χ3v) is 10.7. The molecule has 4 aliphatic carbocycles. The van der Waals surface area contributed by atoms with Gasteiger partial charge in [-0.25, -0.2) is 4.39 Å². The molecule has 8 heteroatoms. The molecule has 36 heavy (non-hydrogen) atoms. The standard InChI is InChI=1S/C28H31FO6S/c1-26-9-7-16(31)11-15(26)3-4-17-18-12-23-28(22(33)14-30,27(18,2)13-20(32)25(17)26)35-24(34-23)6-5-21-19(29)8-10-36-21/h5-11,17-18,20,23-25,30,32H,3-4,12-14H2,1-2H3/b6-5+/t17-,18-,20-,23+,24+,25+,26-,27?,28+/m0/s1. The SMILES string of the molecule is CC12C[C@H](O)[C@H]3[C@@H](CCC4=CC(=O)C=C[C@@]43C)[C@@H]1C[C@H]1O[C@@H](/C=C/c3sccc3F)O[C@]12C(=O)CO. The number of hydrogen-bond acceptors (Lipinski definition) is 7. The first-order valence-electron chi connectivity index (χ1n) is 12.6. The van der Waals surface area contributed by atoms with Gasteiger partial charge in [-0.3, -0.25) is 9.59 Å². The molecule has 4 fully saturated rings. The second kappa shape index (κ2) is 8.27. The van der Waals surface area contributed by atoms with Gasteiger partial charge in [-0.05, 0) is 73.3 Å². The maximum atomic E-state index is 13.9. The van der Waals surface area contributed by atoms with Gasteiger partial charge in [-0.2, -0.15) is 0 Å². The highest BCUT2D eigenvalue weighted by Crippen LogP contribution is 2.69. The first-order chi connectivity index (χ1) is 17.1. The fourth-order valence-electron chi connectivity index (χ4n) is 8.39. The fraction of sp³-hybridized carbons (Fsp3) is 0.571. The first-order valence-corrected chi connectivity index (χ1v) is 13.5. The normalized spacial score (nSPS) is 45.2. The summed E-state index contributed by atoms with van der Waals surface area (Å²) in [6, 6.07) is 1.39. The third-order valence-electron chi connectivity index (χ3n) is 9.86. The topological polar surface area (TPSA) is 93.1 Å². The molecule has 0 radical (unpaired) electrons. The molecule has 192 valence electrons. The summed E-state index contributed by atoms with van der Waals surface area (Å²) in [6.45, 7) is 3.41. The highest BCUT2D eigenvalue weighted by atomic mass is 32.1. The maximum Gasteiger partial charge on any atom is 0.193 e. The van der Waals surface area contributed by atoms with Crippen LogP contribution in [0.5, 0.6) is 0 Å². The van der Waals surface area contributed by atoms with Crippen LogP contribution in [0.15, 0.2) is 41.3 Å². The lowest BCUT2D eigenvalue weighted by Gasteiger charge is -2.59. The monoisotopic (exact) mass is 514 g/mol. The van der Waals surface area contributed by atoms with Crippen molar-refractivity contribution in [3.8, 4) is 0 Å². The van der Waals surface area contributed by atoms with Gasteiger partial charge in [0.15, 0.2) is 23.5 Å². The number of carbonyl (C=O) groups is 2. The Morgan fingerprint density at radius 3 is 2.89 bits per heavy atom. The number of thiophene rings is 1. The van der Waals surface area contributed by atoms with Crippen molar-refractivity contribution in [2.24, 2.45) is 28.6 Å². The fourth-order valence-corrected chi connectivity index (χ4v) is 9.06. The van der Waals surface area contributed by atoms with Gasteiger partial charge in [-0.1, -0.05) is 25.5 Å². The average molecular weight is 515 g/mol. The molecule has 0 amide bonds. The second-order valence-electron chi connectivity index (χ2n) is 11.4. The molecular weight excluding hydrogens is 483 g/mol. The molecule has 0 spiro atoms. The van der Waals surface area contributed by atoms with E-state index in [-0.39, 0.29) is 29.4 Å². The molecule has 1 aromatic rings. The minimum absolute atomic E-state index is 0.0118. The van der Waals surface area contributed by atoms with Crippen LogP contribution in [0.1, 0.15) is 44.4 Å². The zero-order valence-corrected chi connectivity index (χ0v) is 21.2. The summed E-state index contributed by atoms with van der Waals surface area (Å²) < 4.78 is 26.6. The highest BCUT2D eigenvalue weighted by molar-refractivity contribution is 7.10. The number of allylic oxidation sites excluding steroid dienone is 4. The van der Waals surface area contributed by atoms with Gasteiger partial charge < -0.3 is 19.7 Å². The molecule has 3 saturated carbocycles. The Morgan fingerprint density at radius 2 is 2.17 bits per heavy atom. The van der Waals surface area contributed by atoms with Crippen LogP contribution in [-0.4, -0.2) is 52.5 Å². The number of ether oxygens (including phenoxy) is 2. The summed E-state index contributed by atoms with van der Waals surface area (Å²) >= 11 is 1.26. The Balaban J connectivity index is 1.35. The van der Waals surface area contributed by atoms with Gasteiger partial charge in [0.2, 0.25) is 0 Å². The van der Waals surface area contributed by atoms with E-state index in [1.807, 2.05) is 13.0 Å². The number of rotatable bonds is 4. The Labute approximate surface area is 213 Å². The summed E-state index contributed by atoms with van der Waals surface area (Å²) in [5.74, 6) is -0.724. The van der Waals surface area contributed by atoms with Crippen LogP contribution in [0.2, 0.25) is 0 Å². The molecule has 6 nitrogen and oxygen atoms in total. The van der Waals surface area contributed by atoms with Crippen LogP contribution in [0.3, 0.4) is 0 Å². The van der Waals surface area contributed by atoms with Crippen molar-refractivity contribution in [3.05, 3.63) is 52.0 Å². The smallest absolute Gasteiger partial charge is 0.193 e. The summed E-state index contributed by atoms with van der Waals surface area (Å²) in [5.41, 5.74) is -1.49. The predicted octanol–water partition coefficient (Wildman–Crippen LogP) is 3.83. The van der Waals surface area contributed by atoms with Crippen LogP contribution < -0.4 is 0 Å². The Morgan fingerprint density at radius 1 is 1.36 bits per heavy atom. The zero-order valence-electron chi connectivity index (χ0n) is 20.4. The lowest BCUT2D eigenvalue weighted by atomic mass is 9.46. The number of aliphatic hydroxyl groups is 2. The van der Waals surface area contributed by atoms with Crippen molar-refractivity contribution < 1.29 is 33.7 Å².